The van der Waals surface area contributed by atoms with E-state index in [1.165, 1.54) is 12.3 Å². The molecule has 88 valence electrons. The molecule has 2 aromatic rings. The molecule has 0 bridgehead atoms. The van der Waals surface area contributed by atoms with Gasteiger partial charge in [0.15, 0.2) is 0 Å². The number of nitrogens with zero attached hydrogens (tertiary/aromatic N) is 1. The van der Waals surface area contributed by atoms with Crippen LogP contribution >= 0.6 is 22.9 Å². The summed E-state index contributed by atoms with van der Waals surface area (Å²) >= 11 is 6.68. The van der Waals surface area contributed by atoms with Gasteiger partial charge in [-0.05, 0) is 17.7 Å². The number of benzene rings is 1. The van der Waals surface area contributed by atoms with Crippen molar-refractivity contribution in [3.63, 3.8) is 0 Å². The molecule has 1 N–H and O–H groups in total. The molecule has 1 heterocycles. The number of rotatable bonds is 3. The zero-order valence-corrected chi connectivity index (χ0v) is 10.1. The Balaban J connectivity index is 2.22. The van der Waals surface area contributed by atoms with E-state index in [0.29, 0.717) is 21.9 Å². The normalized spacial score (nSPS) is 10.5. The van der Waals surface area contributed by atoms with Crippen molar-refractivity contribution >= 4 is 28.9 Å². The molecule has 0 fully saturated rings. The lowest BCUT2D eigenvalue weighted by Crippen LogP contribution is -1.92. The van der Waals surface area contributed by atoms with E-state index in [2.05, 4.69) is 4.98 Å². The summed E-state index contributed by atoms with van der Waals surface area (Å²) < 4.78 is 13.5. The van der Waals surface area contributed by atoms with Crippen molar-refractivity contribution in [2.75, 3.05) is 0 Å². The van der Waals surface area contributed by atoms with E-state index < -0.39 is 11.8 Å². The Morgan fingerprint density at radius 2 is 2.29 bits per heavy atom. The molecule has 0 aliphatic carbocycles. The summed E-state index contributed by atoms with van der Waals surface area (Å²) in [6.45, 7) is 0. The van der Waals surface area contributed by atoms with Gasteiger partial charge in [0.1, 0.15) is 5.82 Å². The summed E-state index contributed by atoms with van der Waals surface area (Å²) in [7, 11) is 0. The van der Waals surface area contributed by atoms with Crippen LogP contribution in [0.1, 0.15) is 20.2 Å². The Morgan fingerprint density at radius 3 is 2.88 bits per heavy atom. The van der Waals surface area contributed by atoms with Crippen molar-refractivity contribution in [2.24, 2.45) is 0 Å². The fraction of sp³-hybridized carbons (Fsp3) is 0.0909. The topological polar surface area (TPSA) is 50.2 Å². The lowest BCUT2D eigenvalue weighted by Gasteiger charge is -2.00. The van der Waals surface area contributed by atoms with Crippen LogP contribution in [0.5, 0.6) is 0 Å². The summed E-state index contributed by atoms with van der Waals surface area (Å²) in [4.78, 5) is 15.1. The Morgan fingerprint density at radius 1 is 1.53 bits per heavy atom. The summed E-state index contributed by atoms with van der Waals surface area (Å²) in [6, 6.07) is 4.41. The summed E-state index contributed by atoms with van der Waals surface area (Å²) in [5, 5.41) is 9.06. The van der Waals surface area contributed by atoms with Gasteiger partial charge in [0.05, 0.1) is 0 Å². The monoisotopic (exact) mass is 271 g/mol. The van der Waals surface area contributed by atoms with E-state index in [-0.39, 0.29) is 5.01 Å². The summed E-state index contributed by atoms with van der Waals surface area (Å²) in [6.07, 6.45) is 1.76. The van der Waals surface area contributed by atoms with Crippen LogP contribution in [0.3, 0.4) is 0 Å². The molecular weight excluding hydrogens is 265 g/mol. The highest BCUT2D eigenvalue weighted by Gasteiger charge is 2.11. The van der Waals surface area contributed by atoms with Crippen LogP contribution in [0.25, 0.3) is 0 Å². The van der Waals surface area contributed by atoms with Crippen molar-refractivity contribution in [3.05, 3.63) is 50.7 Å². The number of carboxylic acid groups (broad SMARTS) is 1. The predicted molar refractivity (Wildman–Crippen MR) is 63.3 cm³/mol. The average molecular weight is 272 g/mol. The standard InChI is InChI=1S/C11H7ClFNO2S/c12-7-2-1-6(9(13)4-7)3-8-5-14-10(17-8)11(15)16/h1-2,4-5H,3H2,(H,15,16). The maximum atomic E-state index is 13.5. The van der Waals surface area contributed by atoms with E-state index in [9.17, 15) is 9.18 Å². The summed E-state index contributed by atoms with van der Waals surface area (Å²) in [5.41, 5.74) is 0.468. The number of halogens is 2. The van der Waals surface area contributed by atoms with Crippen molar-refractivity contribution in [1.29, 1.82) is 0 Å². The third-order valence-electron chi connectivity index (χ3n) is 2.12. The lowest BCUT2D eigenvalue weighted by molar-refractivity contribution is 0.0696. The van der Waals surface area contributed by atoms with Crippen LogP contribution in [0, 0.1) is 5.82 Å². The molecule has 0 aliphatic heterocycles. The van der Waals surface area contributed by atoms with Gasteiger partial charge in [-0.1, -0.05) is 17.7 Å². The number of hydrogen-bond acceptors (Lipinski definition) is 3. The first kappa shape index (κ1) is 12.0. The first-order valence-electron chi connectivity index (χ1n) is 4.68. The van der Waals surface area contributed by atoms with Crippen molar-refractivity contribution in [1.82, 2.24) is 4.98 Å². The number of hydrogen-bond donors (Lipinski definition) is 1. The van der Waals surface area contributed by atoms with Crippen LogP contribution in [0.4, 0.5) is 4.39 Å². The lowest BCUT2D eigenvalue weighted by atomic mass is 10.1. The molecule has 0 saturated heterocycles. The molecule has 1 aromatic carbocycles. The fourth-order valence-electron chi connectivity index (χ4n) is 1.34. The Labute approximate surface area is 106 Å². The van der Waals surface area contributed by atoms with E-state index in [1.54, 1.807) is 12.1 Å². The van der Waals surface area contributed by atoms with Gasteiger partial charge in [-0.15, -0.1) is 11.3 Å². The van der Waals surface area contributed by atoms with Crippen LogP contribution in [-0.4, -0.2) is 16.1 Å². The molecule has 0 aliphatic rings. The maximum absolute atomic E-state index is 13.5. The van der Waals surface area contributed by atoms with Gasteiger partial charge in [0, 0.05) is 22.5 Å². The highest BCUT2D eigenvalue weighted by atomic mass is 35.5. The molecule has 0 saturated carbocycles. The van der Waals surface area contributed by atoms with Gasteiger partial charge < -0.3 is 5.11 Å². The van der Waals surface area contributed by atoms with Crippen LogP contribution in [0.15, 0.2) is 24.4 Å². The predicted octanol–water partition coefficient (Wildman–Crippen LogP) is 3.22. The number of carbonyl (C=O) groups is 1. The largest absolute Gasteiger partial charge is 0.476 e. The van der Waals surface area contributed by atoms with Crippen molar-refractivity contribution in [2.45, 2.75) is 6.42 Å². The molecule has 17 heavy (non-hydrogen) atoms. The zero-order valence-electron chi connectivity index (χ0n) is 8.48. The van der Waals surface area contributed by atoms with Crippen LogP contribution < -0.4 is 0 Å². The summed E-state index contributed by atoms with van der Waals surface area (Å²) in [5.74, 6) is -1.47. The number of aromatic carboxylic acids is 1. The quantitative estimate of drug-likeness (QED) is 0.932. The second-order valence-corrected chi connectivity index (χ2v) is 4.90. The number of thiazole rings is 1. The number of aromatic nitrogens is 1. The minimum absolute atomic E-state index is 0.00868. The van der Waals surface area contributed by atoms with E-state index in [0.717, 1.165) is 11.3 Å². The number of carboxylic acids is 1. The molecular formula is C11H7ClFNO2S. The molecule has 0 amide bonds. The van der Waals surface area contributed by atoms with E-state index in [4.69, 9.17) is 16.7 Å². The van der Waals surface area contributed by atoms with Crippen LogP contribution in [0.2, 0.25) is 5.02 Å². The molecule has 0 radical (unpaired) electrons. The molecule has 0 unspecified atom stereocenters. The third kappa shape index (κ3) is 2.81. The Bertz CT molecular complexity index is 570. The smallest absolute Gasteiger partial charge is 0.365 e. The van der Waals surface area contributed by atoms with Crippen molar-refractivity contribution in [3.8, 4) is 0 Å². The average Bonchev–Trinajstić information content (AvgIpc) is 2.71. The zero-order chi connectivity index (χ0) is 12.4. The van der Waals surface area contributed by atoms with Crippen LogP contribution in [-0.2, 0) is 6.42 Å². The van der Waals surface area contributed by atoms with Crippen molar-refractivity contribution < 1.29 is 14.3 Å². The molecule has 6 heteroatoms. The second-order valence-electron chi connectivity index (χ2n) is 3.35. The SMILES string of the molecule is O=C(O)c1ncc(Cc2ccc(Cl)cc2F)s1. The minimum atomic E-state index is -1.07. The van der Waals surface area contributed by atoms with Gasteiger partial charge in [-0.2, -0.15) is 0 Å². The molecule has 2 rings (SSSR count). The highest BCUT2D eigenvalue weighted by Crippen LogP contribution is 2.21. The molecule has 0 spiro atoms. The van der Waals surface area contributed by atoms with Gasteiger partial charge in [0.25, 0.3) is 0 Å². The first-order valence-corrected chi connectivity index (χ1v) is 5.87. The van der Waals surface area contributed by atoms with Gasteiger partial charge in [-0.25, -0.2) is 14.2 Å². The maximum Gasteiger partial charge on any atom is 0.365 e. The highest BCUT2D eigenvalue weighted by molar-refractivity contribution is 7.13. The Hall–Kier alpha value is -1.46. The van der Waals surface area contributed by atoms with E-state index in [1.807, 2.05) is 0 Å². The Kier molecular flexibility index (Phi) is 3.40. The van der Waals surface area contributed by atoms with E-state index >= 15 is 0 Å². The molecule has 1 aromatic heterocycles. The first-order chi connectivity index (χ1) is 8.06. The third-order valence-corrected chi connectivity index (χ3v) is 3.34. The molecule has 0 atom stereocenters. The van der Waals surface area contributed by atoms with Gasteiger partial charge >= 0.3 is 5.97 Å². The molecule has 3 nitrogen and oxygen atoms in total. The minimum Gasteiger partial charge on any atom is -0.476 e. The second kappa shape index (κ2) is 4.81. The van der Waals surface area contributed by atoms with Gasteiger partial charge in [-0.3, -0.25) is 0 Å². The van der Waals surface area contributed by atoms with Gasteiger partial charge in [0.2, 0.25) is 5.01 Å². The fourth-order valence-corrected chi connectivity index (χ4v) is 2.27.